The lowest BCUT2D eigenvalue weighted by molar-refractivity contribution is 0.263. The molecule has 1 heterocycles. The van der Waals surface area contributed by atoms with Gasteiger partial charge >= 0.3 is 0 Å². The van der Waals surface area contributed by atoms with Gasteiger partial charge in [0.15, 0.2) is 0 Å². The summed E-state index contributed by atoms with van der Waals surface area (Å²) in [6, 6.07) is 0. The van der Waals surface area contributed by atoms with Crippen molar-refractivity contribution in [3.8, 4) is 0 Å². The molecule has 2 unspecified atom stereocenters. The van der Waals surface area contributed by atoms with Crippen LogP contribution in [0.1, 0.15) is 39.5 Å². The maximum Gasteiger partial charge on any atom is 0.0560 e. The Balaban J connectivity index is 1.78. The van der Waals surface area contributed by atoms with Gasteiger partial charge in [-0.3, -0.25) is 0 Å². The first-order valence-corrected chi connectivity index (χ1v) is 7.15. The van der Waals surface area contributed by atoms with E-state index in [9.17, 15) is 0 Å². The van der Waals surface area contributed by atoms with E-state index in [2.05, 4.69) is 30.9 Å². The summed E-state index contributed by atoms with van der Waals surface area (Å²) >= 11 is 2.17. The van der Waals surface area contributed by atoms with Crippen LogP contribution in [-0.4, -0.2) is 17.7 Å². The highest BCUT2D eigenvalue weighted by Crippen LogP contribution is 2.35. The zero-order valence-electron chi connectivity index (χ0n) is 9.46. The number of hydrogen-bond acceptors (Lipinski definition) is 2. The fourth-order valence-corrected chi connectivity index (χ4v) is 4.01. The average Bonchev–Trinajstić information content (AvgIpc) is 2.21. The third-order valence-corrected chi connectivity index (χ3v) is 5.39. The van der Waals surface area contributed by atoms with Crippen LogP contribution in [0.2, 0.25) is 0 Å². The Bertz CT molecular complexity index is 147. The summed E-state index contributed by atoms with van der Waals surface area (Å²) in [7, 11) is 0. The molecule has 1 nitrogen and oxygen atoms in total. The predicted octanol–water partition coefficient (Wildman–Crippen LogP) is 3.11. The lowest BCUT2D eigenvalue weighted by atomic mass is 9.83. The Labute approximate surface area is 92.4 Å². The van der Waals surface area contributed by atoms with Crippen LogP contribution in [0.15, 0.2) is 0 Å². The van der Waals surface area contributed by atoms with Crippen molar-refractivity contribution >= 4 is 11.8 Å². The molecule has 2 rings (SSSR count). The van der Waals surface area contributed by atoms with Gasteiger partial charge in [0.05, 0.1) is 5.37 Å². The van der Waals surface area contributed by atoms with Crippen molar-refractivity contribution < 1.29 is 0 Å². The van der Waals surface area contributed by atoms with Crippen LogP contribution in [0.4, 0.5) is 0 Å². The second-order valence-corrected chi connectivity index (χ2v) is 6.46. The SMILES string of the molecule is CC1CCC(C2NCC(C)CS2)CC1. The molecule has 1 aliphatic carbocycles. The molecular formula is C12H23NS. The molecule has 0 amide bonds. The molecule has 0 radical (unpaired) electrons. The van der Waals surface area contributed by atoms with Crippen molar-refractivity contribution in [3.63, 3.8) is 0 Å². The van der Waals surface area contributed by atoms with Crippen molar-refractivity contribution in [3.05, 3.63) is 0 Å². The molecule has 0 spiro atoms. The highest BCUT2D eigenvalue weighted by molar-refractivity contribution is 7.99. The number of rotatable bonds is 1. The van der Waals surface area contributed by atoms with Gasteiger partial charge < -0.3 is 5.32 Å². The third-order valence-electron chi connectivity index (χ3n) is 3.72. The van der Waals surface area contributed by atoms with Gasteiger partial charge in [0.1, 0.15) is 0 Å². The van der Waals surface area contributed by atoms with Crippen molar-refractivity contribution in [2.24, 2.45) is 17.8 Å². The molecule has 0 aromatic heterocycles. The lowest BCUT2D eigenvalue weighted by Crippen LogP contribution is -2.42. The van der Waals surface area contributed by atoms with E-state index in [0.29, 0.717) is 0 Å². The van der Waals surface area contributed by atoms with Crippen LogP contribution in [0.3, 0.4) is 0 Å². The van der Waals surface area contributed by atoms with Gasteiger partial charge in [-0.15, -0.1) is 11.8 Å². The Kier molecular flexibility index (Phi) is 3.78. The molecule has 2 heteroatoms. The van der Waals surface area contributed by atoms with Gasteiger partial charge in [-0.25, -0.2) is 0 Å². The van der Waals surface area contributed by atoms with Crippen molar-refractivity contribution in [1.29, 1.82) is 0 Å². The molecule has 0 bridgehead atoms. The summed E-state index contributed by atoms with van der Waals surface area (Å²) in [5.41, 5.74) is 0. The van der Waals surface area contributed by atoms with Crippen LogP contribution >= 0.6 is 11.8 Å². The first-order valence-electron chi connectivity index (χ1n) is 6.10. The van der Waals surface area contributed by atoms with Gasteiger partial charge in [-0.2, -0.15) is 0 Å². The minimum Gasteiger partial charge on any atom is -0.305 e. The number of nitrogens with one attached hydrogen (secondary N) is 1. The zero-order valence-corrected chi connectivity index (χ0v) is 10.3. The molecule has 1 saturated heterocycles. The molecule has 0 aromatic rings. The molecule has 1 aliphatic heterocycles. The maximum absolute atomic E-state index is 3.72. The van der Waals surface area contributed by atoms with Crippen LogP contribution in [0, 0.1) is 17.8 Å². The molecule has 2 aliphatic rings. The van der Waals surface area contributed by atoms with E-state index in [4.69, 9.17) is 0 Å². The van der Waals surface area contributed by atoms with Gasteiger partial charge in [0, 0.05) is 0 Å². The highest BCUT2D eigenvalue weighted by Gasteiger charge is 2.28. The topological polar surface area (TPSA) is 12.0 Å². The zero-order chi connectivity index (χ0) is 9.97. The Morgan fingerprint density at radius 1 is 1.00 bits per heavy atom. The summed E-state index contributed by atoms with van der Waals surface area (Å²) in [6.45, 7) is 5.99. The second kappa shape index (κ2) is 4.89. The van der Waals surface area contributed by atoms with Gasteiger partial charge in [0.25, 0.3) is 0 Å². The maximum atomic E-state index is 3.72. The Morgan fingerprint density at radius 2 is 1.71 bits per heavy atom. The van der Waals surface area contributed by atoms with Crippen molar-refractivity contribution in [2.75, 3.05) is 12.3 Å². The Morgan fingerprint density at radius 3 is 2.29 bits per heavy atom. The van der Waals surface area contributed by atoms with E-state index in [1.165, 1.54) is 38.0 Å². The molecule has 0 aromatic carbocycles. The third kappa shape index (κ3) is 2.66. The smallest absolute Gasteiger partial charge is 0.0560 e. The van der Waals surface area contributed by atoms with Crippen molar-refractivity contribution in [2.45, 2.75) is 44.9 Å². The molecule has 2 atom stereocenters. The summed E-state index contributed by atoms with van der Waals surface area (Å²) in [5, 5.41) is 4.49. The number of thioether (sulfide) groups is 1. The minimum atomic E-state index is 0.777. The molecule has 1 saturated carbocycles. The van der Waals surface area contributed by atoms with E-state index < -0.39 is 0 Å². The molecule has 2 fully saturated rings. The monoisotopic (exact) mass is 213 g/mol. The number of hydrogen-bond donors (Lipinski definition) is 1. The quantitative estimate of drug-likeness (QED) is 0.718. The van der Waals surface area contributed by atoms with Crippen molar-refractivity contribution in [1.82, 2.24) is 5.32 Å². The van der Waals surface area contributed by atoms with Gasteiger partial charge in [-0.1, -0.05) is 26.7 Å². The first-order chi connectivity index (χ1) is 6.75. The standard InChI is InChI=1S/C12H23NS/c1-9-3-5-11(6-4-9)12-13-7-10(2)8-14-12/h9-13H,3-8H2,1-2H3. The average molecular weight is 213 g/mol. The molecule has 82 valence electrons. The van der Waals surface area contributed by atoms with Gasteiger partial charge in [-0.05, 0) is 42.9 Å². The minimum absolute atomic E-state index is 0.777. The molecule has 1 N–H and O–H groups in total. The fourth-order valence-electron chi connectivity index (χ4n) is 2.59. The predicted molar refractivity (Wildman–Crippen MR) is 64.5 cm³/mol. The van der Waals surface area contributed by atoms with E-state index >= 15 is 0 Å². The normalized spacial score (nSPS) is 45.0. The van der Waals surface area contributed by atoms with E-state index in [-0.39, 0.29) is 0 Å². The van der Waals surface area contributed by atoms with Crippen LogP contribution in [0.5, 0.6) is 0 Å². The van der Waals surface area contributed by atoms with Gasteiger partial charge in [0.2, 0.25) is 0 Å². The molecular weight excluding hydrogens is 190 g/mol. The molecule has 14 heavy (non-hydrogen) atoms. The van der Waals surface area contributed by atoms with E-state index in [1.54, 1.807) is 0 Å². The second-order valence-electron chi connectivity index (χ2n) is 5.29. The van der Waals surface area contributed by atoms with Crippen LogP contribution in [0.25, 0.3) is 0 Å². The van der Waals surface area contributed by atoms with E-state index in [0.717, 1.165) is 23.1 Å². The van der Waals surface area contributed by atoms with Crippen LogP contribution in [-0.2, 0) is 0 Å². The fraction of sp³-hybridized carbons (Fsp3) is 1.00. The summed E-state index contributed by atoms with van der Waals surface area (Å²) < 4.78 is 0. The van der Waals surface area contributed by atoms with Crippen LogP contribution < -0.4 is 5.32 Å². The summed E-state index contributed by atoms with van der Waals surface area (Å²) in [5.74, 6) is 4.19. The Hall–Kier alpha value is 0.310. The lowest BCUT2D eigenvalue weighted by Gasteiger charge is -2.36. The van der Waals surface area contributed by atoms with E-state index in [1.807, 2.05) is 0 Å². The summed E-state index contributed by atoms with van der Waals surface area (Å²) in [4.78, 5) is 0. The highest BCUT2D eigenvalue weighted by atomic mass is 32.2. The largest absolute Gasteiger partial charge is 0.305 e. The first kappa shape index (κ1) is 10.8. The summed E-state index contributed by atoms with van der Waals surface area (Å²) in [6.07, 6.45) is 5.83.